The van der Waals surface area contributed by atoms with E-state index in [9.17, 15) is 13.2 Å². The Morgan fingerprint density at radius 3 is 2.85 bits per heavy atom. The predicted molar refractivity (Wildman–Crippen MR) is 91.3 cm³/mol. The molecule has 3 aromatic heterocycles. The Morgan fingerprint density at radius 1 is 1.27 bits per heavy atom. The lowest BCUT2D eigenvalue weighted by molar-refractivity contribution is -0.150. The zero-order valence-electron chi connectivity index (χ0n) is 14.5. The second-order valence-corrected chi connectivity index (χ2v) is 6.62. The van der Waals surface area contributed by atoms with Gasteiger partial charge in [0, 0.05) is 29.5 Å². The molecular formula is C17H20F3N5O. The summed E-state index contributed by atoms with van der Waals surface area (Å²) in [5.41, 5.74) is 4.28. The van der Waals surface area contributed by atoms with Crippen molar-refractivity contribution >= 4 is 11.0 Å². The summed E-state index contributed by atoms with van der Waals surface area (Å²) in [6.45, 7) is 2.87. The van der Waals surface area contributed by atoms with Crippen LogP contribution in [0.2, 0.25) is 0 Å². The van der Waals surface area contributed by atoms with E-state index in [0.29, 0.717) is 6.42 Å². The van der Waals surface area contributed by atoms with E-state index in [0.717, 1.165) is 22.2 Å². The Labute approximate surface area is 148 Å². The Morgan fingerprint density at radius 2 is 2.08 bits per heavy atom. The van der Waals surface area contributed by atoms with Gasteiger partial charge < -0.3 is 9.82 Å². The first kappa shape index (κ1) is 18.4. The molecule has 6 nitrogen and oxygen atoms in total. The number of rotatable bonds is 7. The van der Waals surface area contributed by atoms with Gasteiger partial charge in [0.25, 0.3) is 0 Å². The molecule has 0 atom stereocenters. The van der Waals surface area contributed by atoms with Gasteiger partial charge in [0.15, 0.2) is 0 Å². The minimum absolute atomic E-state index is 0.135. The van der Waals surface area contributed by atoms with Gasteiger partial charge in [-0.25, -0.2) is 4.98 Å². The fourth-order valence-electron chi connectivity index (χ4n) is 2.63. The lowest BCUT2D eigenvalue weighted by atomic mass is 10.0. The minimum Gasteiger partial charge on any atom is -0.346 e. The van der Waals surface area contributed by atoms with E-state index in [-0.39, 0.29) is 6.61 Å². The molecule has 0 aromatic carbocycles. The molecule has 140 valence electrons. The number of halogens is 3. The summed E-state index contributed by atoms with van der Waals surface area (Å²) in [4.78, 5) is 12.2. The van der Waals surface area contributed by atoms with Crippen LogP contribution in [0.1, 0.15) is 20.3 Å². The van der Waals surface area contributed by atoms with E-state index in [4.69, 9.17) is 4.84 Å². The largest absolute Gasteiger partial charge is 0.403 e. The molecule has 0 aliphatic carbocycles. The van der Waals surface area contributed by atoms with E-state index in [1.165, 1.54) is 0 Å². The van der Waals surface area contributed by atoms with Gasteiger partial charge >= 0.3 is 6.18 Å². The van der Waals surface area contributed by atoms with Crippen LogP contribution >= 0.6 is 0 Å². The second kappa shape index (κ2) is 7.08. The molecule has 0 aliphatic heterocycles. The first-order chi connectivity index (χ1) is 12.3. The highest BCUT2D eigenvalue weighted by molar-refractivity contribution is 5.92. The third kappa shape index (κ3) is 4.23. The fraction of sp³-hybridized carbons (Fsp3) is 0.412. The van der Waals surface area contributed by atoms with Gasteiger partial charge in [-0.1, -0.05) is 0 Å². The molecule has 0 fully saturated rings. The van der Waals surface area contributed by atoms with Crippen LogP contribution in [-0.4, -0.2) is 39.1 Å². The maximum absolute atomic E-state index is 12.1. The third-order valence-electron chi connectivity index (χ3n) is 4.16. The number of hydrogen-bond acceptors (Lipinski definition) is 4. The molecule has 9 heteroatoms. The standard InChI is InChI=1S/C17H20F3N5O/c1-16(2,5-8-26-24-11-17(18,19)20)25-10-12(9-23-25)13-3-6-21-15-14(13)4-7-22-15/h3-4,6-7,9-10,24H,5,8,11H2,1-2H3,(H,21,22). The highest BCUT2D eigenvalue weighted by atomic mass is 19.4. The number of aromatic nitrogens is 4. The molecule has 0 saturated heterocycles. The van der Waals surface area contributed by atoms with Crippen molar-refractivity contribution in [3.05, 3.63) is 36.9 Å². The van der Waals surface area contributed by atoms with Gasteiger partial charge in [-0.3, -0.25) is 4.68 Å². The Hall–Kier alpha value is -2.39. The first-order valence-electron chi connectivity index (χ1n) is 8.15. The van der Waals surface area contributed by atoms with Crippen LogP contribution in [0.5, 0.6) is 0 Å². The third-order valence-corrected chi connectivity index (χ3v) is 4.16. The smallest absolute Gasteiger partial charge is 0.346 e. The van der Waals surface area contributed by atoms with E-state index in [1.807, 2.05) is 43.9 Å². The minimum atomic E-state index is -4.29. The number of fused-ring (bicyclic) bond motifs is 1. The van der Waals surface area contributed by atoms with Crippen LogP contribution in [0.15, 0.2) is 36.9 Å². The number of pyridine rings is 1. The van der Waals surface area contributed by atoms with Crippen LogP contribution in [0.4, 0.5) is 13.2 Å². The van der Waals surface area contributed by atoms with Crippen LogP contribution in [-0.2, 0) is 10.4 Å². The second-order valence-electron chi connectivity index (χ2n) is 6.62. The van der Waals surface area contributed by atoms with E-state index < -0.39 is 18.3 Å². The van der Waals surface area contributed by atoms with Gasteiger partial charge in [-0.05, 0) is 38.0 Å². The molecule has 2 N–H and O–H groups in total. The van der Waals surface area contributed by atoms with Crippen LogP contribution in [0.3, 0.4) is 0 Å². The van der Waals surface area contributed by atoms with Crippen molar-refractivity contribution in [2.24, 2.45) is 0 Å². The van der Waals surface area contributed by atoms with Crippen molar-refractivity contribution < 1.29 is 18.0 Å². The zero-order chi connectivity index (χ0) is 18.8. The molecule has 0 radical (unpaired) electrons. The Balaban J connectivity index is 1.65. The van der Waals surface area contributed by atoms with Gasteiger partial charge in [-0.2, -0.15) is 23.8 Å². The summed E-state index contributed by atoms with van der Waals surface area (Å²) >= 11 is 0. The first-order valence-corrected chi connectivity index (χ1v) is 8.15. The predicted octanol–water partition coefficient (Wildman–Crippen LogP) is 3.64. The number of aromatic amines is 1. The Kier molecular flexibility index (Phi) is 5.01. The monoisotopic (exact) mass is 367 g/mol. The maximum Gasteiger partial charge on any atom is 0.403 e. The fourth-order valence-corrected chi connectivity index (χ4v) is 2.63. The highest BCUT2D eigenvalue weighted by Crippen LogP contribution is 2.28. The number of H-pyrrole nitrogens is 1. The van der Waals surface area contributed by atoms with Gasteiger partial charge in [0.2, 0.25) is 0 Å². The van der Waals surface area contributed by atoms with Crippen molar-refractivity contribution in [3.8, 4) is 11.1 Å². The number of nitrogens with one attached hydrogen (secondary N) is 2. The molecule has 3 aromatic rings. The molecule has 0 saturated carbocycles. The van der Waals surface area contributed by atoms with E-state index in [1.54, 1.807) is 17.1 Å². The van der Waals surface area contributed by atoms with E-state index in [2.05, 4.69) is 15.1 Å². The molecule has 0 spiro atoms. The average molecular weight is 367 g/mol. The summed E-state index contributed by atoms with van der Waals surface area (Å²) in [6, 6.07) is 3.88. The molecule has 3 heterocycles. The van der Waals surface area contributed by atoms with Crippen molar-refractivity contribution in [3.63, 3.8) is 0 Å². The molecule has 0 unspecified atom stereocenters. The maximum atomic E-state index is 12.1. The molecular weight excluding hydrogens is 347 g/mol. The lowest BCUT2D eigenvalue weighted by Gasteiger charge is -2.25. The van der Waals surface area contributed by atoms with Crippen LogP contribution < -0.4 is 5.48 Å². The van der Waals surface area contributed by atoms with Crippen molar-refractivity contribution in [2.75, 3.05) is 13.2 Å². The number of alkyl halides is 3. The van der Waals surface area contributed by atoms with Gasteiger partial charge in [-0.15, -0.1) is 0 Å². The molecule has 3 rings (SSSR count). The average Bonchev–Trinajstić information content (AvgIpc) is 3.22. The van der Waals surface area contributed by atoms with Gasteiger partial charge in [0.1, 0.15) is 12.2 Å². The number of hydroxylamine groups is 1. The van der Waals surface area contributed by atoms with Crippen molar-refractivity contribution in [1.82, 2.24) is 25.2 Å². The summed E-state index contributed by atoms with van der Waals surface area (Å²) < 4.78 is 38.0. The van der Waals surface area contributed by atoms with Crippen LogP contribution in [0, 0.1) is 0 Å². The zero-order valence-corrected chi connectivity index (χ0v) is 14.5. The number of hydrogen-bond donors (Lipinski definition) is 2. The summed E-state index contributed by atoms with van der Waals surface area (Å²) in [6.07, 6.45) is 3.46. The molecule has 0 amide bonds. The molecule has 26 heavy (non-hydrogen) atoms. The topological polar surface area (TPSA) is 67.8 Å². The highest BCUT2D eigenvalue weighted by Gasteiger charge is 2.27. The van der Waals surface area contributed by atoms with Gasteiger partial charge in [0.05, 0.1) is 18.3 Å². The quantitative estimate of drug-likeness (QED) is 0.494. The SMILES string of the molecule is CC(C)(CCONCC(F)(F)F)n1cc(-c2ccnc3[nH]ccc23)cn1. The number of nitrogens with zero attached hydrogens (tertiary/aromatic N) is 3. The van der Waals surface area contributed by atoms with Crippen molar-refractivity contribution in [1.29, 1.82) is 0 Å². The van der Waals surface area contributed by atoms with Crippen molar-refractivity contribution in [2.45, 2.75) is 32.0 Å². The molecule has 0 bridgehead atoms. The summed E-state index contributed by atoms with van der Waals surface area (Å²) in [7, 11) is 0. The lowest BCUT2D eigenvalue weighted by Crippen LogP contribution is -2.32. The van der Waals surface area contributed by atoms with Crippen LogP contribution in [0.25, 0.3) is 22.2 Å². The molecule has 0 aliphatic rings. The Bertz CT molecular complexity index is 869. The van der Waals surface area contributed by atoms with E-state index >= 15 is 0 Å². The summed E-state index contributed by atoms with van der Waals surface area (Å²) in [5.74, 6) is 0. The summed E-state index contributed by atoms with van der Waals surface area (Å²) in [5, 5.41) is 5.43. The normalized spacial score (nSPS) is 12.8.